The summed E-state index contributed by atoms with van der Waals surface area (Å²) in [6, 6.07) is 0. The average Bonchev–Trinajstić information content (AvgIpc) is 1.41. The fourth-order valence-electron chi connectivity index (χ4n) is 0.0680. The van der Waals surface area contributed by atoms with Crippen LogP contribution < -0.4 is 58.2 Å². The van der Waals surface area contributed by atoms with Crippen molar-refractivity contribution in [1.82, 2.24) is 0 Å². The maximum atomic E-state index is 9.26. The summed E-state index contributed by atoms with van der Waals surface area (Å²) in [5.74, 6) is 0. The van der Waals surface area contributed by atoms with E-state index in [0.29, 0.717) is 6.29 Å². The van der Waals surface area contributed by atoms with Gasteiger partial charge in [0.2, 0.25) is 0 Å². The standard InChI is InChI=1S/C4H5O.Rb/c1-2-3-4-5;/h2,4H,1H3;/q-1;+1. The number of rotatable bonds is 1. The molecule has 0 aliphatic heterocycles. The summed E-state index contributed by atoms with van der Waals surface area (Å²) in [4.78, 5) is 9.26. The van der Waals surface area contributed by atoms with Gasteiger partial charge in [-0.05, 0) is 6.29 Å². The van der Waals surface area contributed by atoms with E-state index >= 15 is 0 Å². The van der Waals surface area contributed by atoms with Gasteiger partial charge in [0.05, 0.1) is 0 Å². The van der Waals surface area contributed by atoms with Crippen LogP contribution in [-0.2, 0) is 4.79 Å². The van der Waals surface area contributed by atoms with Crippen molar-refractivity contribution in [3.8, 4) is 0 Å². The Labute approximate surface area is 86.6 Å². The van der Waals surface area contributed by atoms with Crippen LogP contribution in [-0.4, -0.2) is 6.29 Å². The molecule has 0 unspecified atom stereocenters. The zero-order valence-corrected chi connectivity index (χ0v) is 8.98. The van der Waals surface area contributed by atoms with E-state index in [4.69, 9.17) is 0 Å². The maximum Gasteiger partial charge on any atom is 1.00 e. The summed E-state index contributed by atoms with van der Waals surface area (Å²) in [5, 5.41) is 0. The van der Waals surface area contributed by atoms with Gasteiger partial charge < -0.3 is 10.9 Å². The van der Waals surface area contributed by atoms with Crippen LogP contribution in [0.25, 0.3) is 0 Å². The molecule has 0 aromatic carbocycles. The Morgan fingerprint density at radius 2 is 2.17 bits per heavy atom. The summed E-state index contributed by atoms with van der Waals surface area (Å²) in [5.41, 5.74) is 0. The number of hydrogen-bond donors (Lipinski definition) is 0. The van der Waals surface area contributed by atoms with Gasteiger partial charge in [-0.2, -0.15) is 0 Å². The summed E-state index contributed by atoms with van der Waals surface area (Å²) in [7, 11) is 0. The Morgan fingerprint density at radius 3 is 2.17 bits per heavy atom. The molecule has 0 aliphatic rings. The van der Waals surface area contributed by atoms with E-state index in [2.05, 4.69) is 6.08 Å². The van der Waals surface area contributed by atoms with Crippen LogP contribution in [0.15, 0.2) is 6.08 Å². The van der Waals surface area contributed by atoms with Crippen molar-refractivity contribution in [2.45, 2.75) is 6.92 Å². The largest absolute Gasteiger partial charge is 1.00 e. The maximum absolute atomic E-state index is 9.26. The summed E-state index contributed by atoms with van der Waals surface area (Å²) >= 11 is 0. The average molecular weight is 155 g/mol. The molecule has 0 saturated carbocycles. The molecule has 0 heterocycles. The predicted molar refractivity (Wildman–Crippen MR) is 19.6 cm³/mol. The first-order valence-electron chi connectivity index (χ1n) is 1.39. The van der Waals surface area contributed by atoms with E-state index in [1.54, 1.807) is 13.0 Å². The van der Waals surface area contributed by atoms with Gasteiger partial charge in [-0.25, -0.2) is 0 Å². The SMILES string of the molecule is CC=[C-]C=O.[Rb+]. The van der Waals surface area contributed by atoms with Crippen LogP contribution in [0.5, 0.6) is 0 Å². The third-order valence-corrected chi connectivity index (χ3v) is 0.235. The zero-order chi connectivity index (χ0) is 4.12. The fraction of sp³-hybridized carbons (Fsp3) is 0.250. The van der Waals surface area contributed by atoms with Crippen LogP contribution in [0.4, 0.5) is 0 Å². The second-order valence-corrected chi connectivity index (χ2v) is 0.573. The van der Waals surface area contributed by atoms with Crippen molar-refractivity contribution in [2.24, 2.45) is 0 Å². The predicted octanol–water partition coefficient (Wildman–Crippen LogP) is -2.43. The zero-order valence-electron chi connectivity index (χ0n) is 4.06. The molecule has 0 aromatic rings. The van der Waals surface area contributed by atoms with Crippen molar-refractivity contribution in [3.63, 3.8) is 0 Å². The Bertz CT molecular complexity index is 49.5. The van der Waals surface area contributed by atoms with Gasteiger partial charge in [0.1, 0.15) is 0 Å². The minimum absolute atomic E-state index is 0. The Hall–Kier alpha value is 1.22. The third kappa shape index (κ3) is 8.96. The van der Waals surface area contributed by atoms with Gasteiger partial charge in [-0.15, -0.1) is 0 Å². The Balaban J connectivity index is 0. The topological polar surface area (TPSA) is 17.1 Å². The van der Waals surface area contributed by atoms with Gasteiger partial charge in [-0.1, -0.05) is 6.92 Å². The van der Waals surface area contributed by atoms with Crippen LogP contribution in [0.3, 0.4) is 0 Å². The second kappa shape index (κ2) is 9.51. The Kier molecular flexibility index (Phi) is 16.2. The first-order chi connectivity index (χ1) is 2.41. The molecule has 0 aliphatic carbocycles. The van der Waals surface area contributed by atoms with Gasteiger partial charge >= 0.3 is 58.2 Å². The van der Waals surface area contributed by atoms with E-state index < -0.39 is 0 Å². The molecular formula is C4H5ORb. The molecule has 0 N–H and O–H groups in total. The fourth-order valence-corrected chi connectivity index (χ4v) is 0.0680. The smallest absolute Gasteiger partial charge is 0.435 e. The van der Waals surface area contributed by atoms with Crippen LogP contribution in [0.1, 0.15) is 6.92 Å². The van der Waals surface area contributed by atoms with E-state index in [-0.39, 0.29) is 58.2 Å². The van der Waals surface area contributed by atoms with Crippen LogP contribution >= 0.6 is 0 Å². The molecule has 6 heavy (non-hydrogen) atoms. The Morgan fingerprint density at radius 1 is 1.67 bits per heavy atom. The van der Waals surface area contributed by atoms with E-state index in [0.717, 1.165) is 0 Å². The molecule has 0 rings (SSSR count). The quantitative estimate of drug-likeness (QED) is 0.233. The molecule has 0 bridgehead atoms. The summed E-state index contributed by atoms with van der Waals surface area (Å²) in [6.07, 6.45) is 4.49. The molecule has 1 nitrogen and oxygen atoms in total. The second-order valence-electron chi connectivity index (χ2n) is 0.573. The van der Waals surface area contributed by atoms with Gasteiger partial charge in [0.15, 0.2) is 0 Å². The van der Waals surface area contributed by atoms with Gasteiger partial charge in [-0.3, -0.25) is 6.08 Å². The molecule has 28 valence electrons. The van der Waals surface area contributed by atoms with Crippen molar-refractivity contribution >= 4 is 6.29 Å². The minimum atomic E-state index is 0. The van der Waals surface area contributed by atoms with Crippen molar-refractivity contribution in [2.75, 3.05) is 0 Å². The van der Waals surface area contributed by atoms with Crippen molar-refractivity contribution in [1.29, 1.82) is 0 Å². The van der Waals surface area contributed by atoms with E-state index in [1.165, 1.54) is 0 Å². The number of carbonyl (C=O) groups is 1. The number of allylic oxidation sites excluding steroid dienone is 2. The van der Waals surface area contributed by atoms with E-state index in [9.17, 15) is 4.79 Å². The van der Waals surface area contributed by atoms with Crippen LogP contribution in [0.2, 0.25) is 0 Å². The molecule has 0 fully saturated rings. The molecule has 2 heteroatoms. The van der Waals surface area contributed by atoms with Gasteiger partial charge in [0.25, 0.3) is 0 Å². The first kappa shape index (κ1) is 10.2. The molecular weight excluding hydrogens is 150 g/mol. The molecule has 0 aromatic heterocycles. The van der Waals surface area contributed by atoms with E-state index in [1.807, 2.05) is 0 Å². The number of hydrogen-bond acceptors (Lipinski definition) is 1. The number of carbonyl (C=O) groups excluding carboxylic acids is 1. The molecule has 0 spiro atoms. The monoisotopic (exact) mass is 154 g/mol. The summed E-state index contributed by atoms with van der Waals surface area (Å²) < 4.78 is 0. The third-order valence-electron chi connectivity index (χ3n) is 0.235. The van der Waals surface area contributed by atoms with Crippen LogP contribution in [0, 0.1) is 6.08 Å². The molecule has 0 atom stereocenters. The van der Waals surface area contributed by atoms with Crippen molar-refractivity contribution < 1.29 is 63.0 Å². The summed E-state index contributed by atoms with van der Waals surface area (Å²) in [6.45, 7) is 1.74. The van der Waals surface area contributed by atoms with Gasteiger partial charge in [0, 0.05) is 0 Å². The molecule has 0 amide bonds. The molecule has 0 radical (unpaired) electrons. The molecule has 0 saturated heterocycles. The normalized spacial score (nSPS) is 7.50. The minimum Gasteiger partial charge on any atom is -0.435 e. The first-order valence-corrected chi connectivity index (χ1v) is 1.39. The number of aldehydes is 1. The van der Waals surface area contributed by atoms with Crippen molar-refractivity contribution in [3.05, 3.63) is 12.2 Å².